The van der Waals surface area contributed by atoms with Crippen LogP contribution in [0.3, 0.4) is 0 Å². The average Bonchev–Trinajstić information content (AvgIpc) is 3.36. The molecule has 0 bridgehead atoms. The van der Waals surface area contributed by atoms with E-state index >= 15 is 0 Å². The van der Waals surface area contributed by atoms with Crippen LogP contribution >= 0.6 is 22.7 Å². The third kappa shape index (κ3) is 3.59. The summed E-state index contributed by atoms with van der Waals surface area (Å²) in [5.41, 5.74) is 1.10. The Morgan fingerprint density at radius 1 is 1.10 bits per heavy atom. The van der Waals surface area contributed by atoms with Crippen molar-refractivity contribution in [1.82, 2.24) is 9.97 Å². The molecule has 1 aromatic carbocycles. The zero-order valence-electron chi connectivity index (χ0n) is 16.5. The maximum atomic E-state index is 12.8. The first-order valence-electron chi connectivity index (χ1n) is 9.25. The SMILES string of the molecule is Cc1sc2nc(C(C)OC(=O)c3ccccc3C(=O)c3cccs3)[nH]c(=O)c2c1C. The molecule has 0 aliphatic heterocycles. The highest BCUT2D eigenvalue weighted by Gasteiger charge is 2.23. The zero-order valence-corrected chi connectivity index (χ0v) is 18.1. The molecule has 0 spiro atoms. The Balaban J connectivity index is 1.63. The number of thiophene rings is 2. The molecule has 8 heteroatoms. The van der Waals surface area contributed by atoms with E-state index in [1.54, 1.807) is 43.3 Å². The third-order valence-corrected chi connectivity index (χ3v) is 6.83. The molecule has 0 aliphatic rings. The topological polar surface area (TPSA) is 89.1 Å². The summed E-state index contributed by atoms with van der Waals surface area (Å²) in [6.45, 7) is 5.46. The van der Waals surface area contributed by atoms with Gasteiger partial charge in [0.05, 0.1) is 15.8 Å². The number of ether oxygens (including phenoxy) is 1. The molecular weight excluding hydrogens is 420 g/mol. The molecule has 0 aliphatic carbocycles. The van der Waals surface area contributed by atoms with Crippen LogP contribution in [0.1, 0.15) is 54.9 Å². The number of hydrogen-bond donors (Lipinski definition) is 1. The molecule has 0 saturated heterocycles. The van der Waals surface area contributed by atoms with E-state index in [1.165, 1.54) is 22.7 Å². The number of esters is 1. The second-order valence-corrected chi connectivity index (χ2v) is 8.97. The Morgan fingerprint density at radius 3 is 2.53 bits per heavy atom. The van der Waals surface area contributed by atoms with Gasteiger partial charge in [-0.25, -0.2) is 9.78 Å². The van der Waals surface area contributed by atoms with Crippen molar-refractivity contribution in [2.75, 3.05) is 0 Å². The number of aromatic nitrogens is 2. The summed E-state index contributed by atoms with van der Waals surface area (Å²) in [5.74, 6) is -0.615. The second-order valence-electron chi connectivity index (χ2n) is 6.81. The summed E-state index contributed by atoms with van der Waals surface area (Å²) in [6, 6.07) is 10.0. The van der Waals surface area contributed by atoms with Gasteiger partial charge in [0, 0.05) is 10.4 Å². The molecule has 0 fully saturated rings. The van der Waals surface area contributed by atoms with Gasteiger partial charge >= 0.3 is 5.97 Å². The summed E-state index contributed by atoms with van der Waals surface area (Å²) >= 11 is 2.74. The monoisotopic (exact) mass is 438 g/mol. The van der Waals surface area contributed by atoms with Crippen molar-refractivity contribution in [2.24, 2.45) is 0 Å². The minimum absolute atomic E-state index is 0.175. The van der Waals surface area contributed by atoms with Gasteiger partial charge in [-0.1, -0.05) is 24.3 Å². The Bertz CT molecular complexity index is 1320. The van der Waals surface area contributed by atoms with Gasteiger partial charge < -0.3 is 9.72 Å². The first-order valence-corrected chi connectivity index (χ1v) is 10.9. The second kappa shape index (κ2) is 7.97. The molecular formula is C22H18N2O4S2. The number of benzene rings is 1. The van der Waals surface area contributed by atoms with Crippen LogP contribution in [0.2, 0.25) is 0 Å². The van der Waals surface area contributed by atoms with Gasteiger partial charge in [0.1, 0.15) is 4.83 Å². The van der Waals surface area contributed by atoms with Gasteiger partial charge in [-0.05, 0) is 43.8 Å². The van der Waals surface area contributed by atoms with Crippen LogP contribution in [-0.2, 0) is 4.74 Å². The van der Waals surface area contributed by atoms with Crippen molar-refractivity contribution in [2.45, 2.75) is 26.9 Å². The molecule has 0 amide bonds. The van der Waals surface area contributed by atoms with Crippen LogP contribution in [0, 0.1) is 13.8 Å². The van der Waals surface area contributed by atoms with Crippen molar-refractivity contribution in [3.05, 3.63) is 84.4 Å². The number of hydrogen-bond acceptors (Lipinski definition) is 7. The van der Waals surface area contributed by atoms with Crippen LogP contribution in [0.15, 0.2) is 46.6 Å². The molecule has 1 atom stereocenters. The number of aryl methyl sites for hydroxylation is 2. The maximum absolute atomic E-state index is 12.8. The van der Waals surface area contributed by atoms with Crippen LogP contribution in [0.25, 0.3) is 10.2 Å². The number of carbonyl (C=O) groups excluding carboxylic acids is 2. The minimum atomic E-state index is -0.790. The highest BCUT2D eigenvalue weighted by molar-refractivity contribution is 7.18. The van der Waals surface area contributed by atoms with E-state index in [1.807, 2.05) is 19.2 Å². The first-order chi connectivity index (χ1) is 14.4. The Labute approximate surface area is 180 Å². The highest BCUT2D eigenvalue weighted by atomic mass is 32.1. The summed E-state index contributed by atoms with van der Waals surface area (Å²) in [4.78, 5) is 47.5. The fraction of sp³-hybridized carbons (Fsp3) is 0.182. The fourth-order valence-electron chi connectivity index (χ4n) is 3.14. The van der Waals surface area contributed by atoms with E-state index in [-0.39, 0.29) is 28.3 Å². The van der Waals surface area contributed by atoms with E-state index < -0.39 is 12.1 Å². The zero-order chi connectivity index (χ0) is 21.4. The Morgan fingerprint density at radius 2 is 1.83 bits per heavy atom. The van der Waals surface area contributed by atoms with Crippen LogP contribution in [0.5, 0.6) is 0 Å². The molecule has 30 heavy (non-hydrogen) atoms. The van der Waals surface area contributed by atoms with Gasteiger partial charge in [0.25, 0.3) is 5.56 Å². The van der Waals surface area contributed by atoms with Crippen LogP contribution in [-0.4, -0.2) is 21.7 Å². The number of nitrogens with zero attached hydrogens (tertiary/aromatic N) is 1. The first kappa shape index (κ1) is 20.2. The molecule has 3 heterocycles. The lowest BCUT2D eigenvalue weighted by Crippen LogP contribution is -2.18. The molecule has 1 N–H and O–H groups in total. The number of H-pyrrole nitrogens is 1. The van der Waals surface area contributed by atoms with Crippen LogP contribution in [0.4, 0.5) is 0 Å². The lowest BCUT2D eigenvalue weighted by Gasteiger charge is -2.14. The molecule has 6 nitrogen and oxygen atoms in total. The molecule has 4 aromatic rings. The molecule has 152 valence electrons. The number of nitrogens with one attached hydrogen (secondary N) is 1. The number of rotatable bonds is 5. The quantitative estimate of drug-likeness (QED) is 0.357. The van der Waals surface area contributed by atoms with Crippen molar-refractivity contribution < 1.29 is 14.3 Å². The van der Waals surface area contributed by atoms with E-state index in [2.05, 4.69) is 9.97 Å². The van der Waals surface area contributed by atoms with Gasteiger partial charge in [0.15, 0.2) is 11.9 Å². The summed E-state index contributed by atoms with van der Waals surface area (Å²) in [7, 11) is 0. The smallest absolute Gasteiger partial charge is 0.339 e. The van der Waals surface area contributed by atoms with Crippen molar-refractivity contribution in [1.29, 1.82) is 0 Å². The van der Waals surface area contributed by atoms with Gasteiger partial charge in [0.2, 0.25) is 5.78 Å². The Kier molecular flexibility index (Phi) is 5.36. The van der Waals surface area contributed by atoms with E-state index in [0.29, 0.717) is 15.1 Å². The van der Waals surface area contributed by atoms with Gasteiger partial charge in [-0.15, -0.1) is 22.7 Å². The third-order valence-electron chi connectivity index (χ3n) is 4.86. The number of carbonyl (C=O) groups is 2. The maximum Gasteiger partial charge on any atom is 0.339 e. The molecule has 0 saturated carbocycles. The predicted molar refractivity (Wildman–Crippen MR) is 118 cm³/mol. The number of aromatic amines is 1. The van der Waals surface area contributed by atoms with Crippen LogP contribution < -0.4 is 5.56 Å². The lowest BCUT2D eigenvalue weighted by molar-refractivity contribution is 0.0318. The molecule has 0 radical (unpaired) electrons. The number of ketones is 1. The van der Waals surface area contributed by atoms with Gasteiger partial charge in [-0.3, -0.25) is 9.59 Å². The van der Waals surface area contributed by atoms with E-state index in [0.717, 1.165) is 10.4 Å². The standard InChI is InChI=1S/C22H18N2O4S2/c1-11-13(3)30-21-17(11)20(26)23-19(24-21)12(2)28-22(27)15-8-5-4-7-14(15)18(25)16-9-6-10-29-16/h4-10,12H,1-3H3,(H,23,24,26). The predicted octanol–water partition coefficient (Wildman–Crippen LogP) is 4.81. The van der Waals surface area contributed by atoms with E-state index in [9.17, 15) is 14.4 Å². The normalized spacial score (nSPS) is 12.1. The summed E-state index contributed by atoms with van der Waals surface area (Å²) in [6.07, 6.45) is -0.790. The molecule has 4 rings (SSSR count). The largest absolute Gasteiger partial charge is 0.451 e. The van der Waals surface area contributed by atoms with Crippen molar-refractivity contribution in [3.8, 4) is 0 Å². The summed E-state index contributed by atoms with van der Waals surface area (Å²) < 4.78 is 5.56. The van der Waals surface area contributed by atoms with E-state index in [4.69, 9.17) is 4.74 Å². The number of fused-ring (bicyclic) bond motifs is 1. The fourth-order valence-corrected chi connectivity index (χ4v) is 4.86. The molecule has 3 aromatic heterocycles. The minimum Gasteiger partial charge on any atom is -0.451 e. The lowest BCUT2D eigenvalue weighted by atomic mass is 10.0. The summed E-state index contributed by atoms with van der Waals surface area (Å²) in [5, 5.41) is 2.37. The van der Waals surface area contributed by atoms with Gasteiger partial charge in [-0.2, -0.15) is 0 Å². The van der Waals surface area contributed by atoms with Crippen molar-refractivity contribution >= 4 is 44.6 Å². The average molecular weight is 439 g/mol. The Hall–Kier alpha value is -3.10. The van der Waals surface area contributed by atoms with Crippen molar-refractivity contribution in [3.63, 3.8) is 0 Å². The highest BCUT2D eigenvalue weighted by Crippen LogP contribution is 2.27. The molecule has 1 unspecified atom stereocenters.